The number of unbranched alkanes of at least 4 members (excludes halogenated alkanes) is 33. The molecule has 2 atom stereocenters. The van der Waals surface area contributed by atoms with E-state index in [1.54, 1.807) is 0 Å². The summed E-state index contributed by atoms with van der Waals surface area (Å²) in [5, 5.41) is 0. The van der Waals surface area contributed by atoms with E-state index in [4.69, 9.17) is 14.2 Å². The van der Waals surface area contributed by atoms with Crippen LogP contribution in [-0.2, 0) is 28.6 Å². The van der Waals surface area contributed by atoms with Crippen LogP contribution in [0.5, 0.6) is 0 Å². The van der Waals surface area contributed by atoms with Crippen molar-refractivity contribution < 1.29 is 28.6 Å². The van der Waals surface area contributed by atoms with Crippen LogP contribution in [0.1, 0.15) is 304 Å². The molecule has 0 saturated carbocycles. The summed E-state index contributed by atoms with van der Waals surface area (Å²) in [4.78, 5) is 38.0. The Labute approximate surface area is 380 Å². The van der Waals surface area contributed by atoms with Crippen molar-refractivity contribution in [3.05, 3.63) is 0 Å². The Kier molecular flexibility index (Phi) is 46.6. The second-order valence-corrected chi connectivity index (χ2v) is 19.6. The number of carbonyl (C=O) groups excluding carboxylic acids is 3. The first-order chi connectivity index (χ1) is 29.8. The Morgan fingerprint density at radius 3 is 0.934 bits per heavy atom. The standard InChI is InChI=1S/C55H106O6/c1-6-8-9-10-11-12-13-15-20-27-32-37-42-47-55(58)61-52(49-60-54(57)46-41-36-31-26-22-21-24-29-34-39-44-51(5)7-2)48-59-53(56)45-40-35-30-25-19-17-14-16-18-23-28-33-38-43-50(3)4/h50-52H,6-49H2,1-5H3/t51?,52-/m1/s1. The van der Waals surface area contributed by atoms with Gasteiger partial charge in [0.05, 0.1) is 0 Å². The zero-order chi connectivity index (χ0) is 44.7. The maximum Gasteiger partial charge on any atom is 0.306 e. The van der Waals surface area contributed by atoms with Gasteiger partial charge in [0.25, 0.3) is 0 Å². The molecular weight excluding hydrogens is 757 g/mol. The van der Waals surface area contributed by atoms with Gasteiger partial charge in [-0.15, -0.1) is 0 Å². The fourth-order valence-corrected chi connectivity index (χ4v) is 8.31. The van der Waals surface area contributed by atoms with Gasteiger partial charge < -0.3 is 14.2 Å². The van der Waals surface area contributed by atoms with Crippen LogP contribution in [0.4, 0.5) is 0 Å². The molecule has 0 aromatic rings. The van der Waals surface area contributed by atoms with Crippen LogP contribution in [0.3, 0.4) is 0 Å². The minimum atomic E-state index is -0.762. The van der Waals surface area contributed by atoms with Crippen molar-refractivity contribution >= 4 is 17.9 Å². The molecule has 0 fully saturated rings. The van der Waals surface area contributed by atoms with Crippen molar-refractivity contribution in [1.29, 1.82) is 0 Å². The minimum Gasteiger partial charge on any atom is -0.462 e. The highest BCUT2D eigenvalue weighted by Gasteiger charge is 2.19. The number of ether oxygens (including phenoxy) is 3. The summed E-state index contributed by atoms with van der Waals surface area (Å²) in [6.45, 7) is 11.4. The molecule has 0 aliphatic heterocycles. The first-order valence-corrected chi connectivity index (χ1v) is 27.3. The molecule has 0 N–H and O–H groups in total. The van der Waals surface area contributed by atoms with Crippen LogP contribution in [0.2, 0.25) is 0 Å². The molecule has 0 heterocycles. The van der Waals surface area contributed by atoms with Crippen molar-refractivity contribution in [3.8, 4) is 0 Å². The summed E-state index contributed by atoms with van der Waals surface area (Å²) in [6, 6.07) is 0. The maximum atomic E-state index is 12.8. The van der Waals surface area contributed by atoms with Crippen LogP contribution in [0.25, 0.3) is 0 Å². The highest BCUT2D eigenvalue weighted by atomic mass is 16.6. The van der Waals surface area contributed by atoms with Crippen LogP contribution in [0, 0.1) is 11.8 Å². The van der Waals surface area contributed by atoms with Crippen LogP contribution in [-0.4, -0.2) is 37.2 Å². The molecule has 6 heteroatoms. The van der Waals surface area contributed by atoms with Gasteiger partial charge in [-0.1, -0.05) is 266 Å². The topological polar surface area (TPSA) is 78.9 Å². The zero-order valence-electron chi connectivity index (χ0n) is 41.8. The summed E-state index contributed by atoms with van der Waals surface area (Å²) in [6.07, 6.45) is 49.3. The second kappa shape index (κ2) is 47.9. The van der Waals surface area contributed by atoms with E-state index in [0.717, 1.165) is 69.6 Å². The third-order valence-corrected chi connectivity index (χ3v) is 12.8. The average Bonchev–Trinajstić information content (AvgIpc) is 3.24. The van der Waals surface area contributed by atoms with E-state index in [1.165, 1.54) is 193 Å². The molecule has 0 radical (unpaired) electrons. The van der Waals surface area contributed by atoms with E-state index < -0.39 is 6.10 Å². The van der Waals surface area contributed by atoms with Gasteiger partial charge in [0, 0.05) is 19.3 Å². The Hall–Kier alpha value is -1.59. The predicted octanol–water partition coefficient (Wildman–Crippen LogP) is 17.7. The first kappa shape index (κ1) is 59.4. The van der Waals surface area contributed by atoms with E-state index in [0.29, 0.717) is 19.3 Å². The molecular formula is C55H106O6. The molecule has 0 aromatic carbocycles. The molecule has 0 aliphatic rings. The molecule has 0 saturated heterocycles. The third kappa shape index (κ3) is 47.7. The van der Waals surface area contributed by atoms with Gasteiger partial charge in [-0.05, 0) is 31.1 Å². The lowest BCUT2D eigenvalue weighted by molar-refractivity contribution is -0.167. The number of rotatable bonds is 49. The molecule has 0 bridgehead atoms. The molecule has 362 valence electrons. The fourth-order valence-electron chi connectivity index (χ4n) is 8.31. The Balaban J connectivity index is 4.31. The summed E-state index contributed by atoms with van der Waals surface area (Å²) < 4.78 is 16.8. The highest BCUT2D eigenvalue weighted by Crippen LogP contribution is 2.18. The molecule has 6 nitrogen and oxygen atoms in total. The van der Waals surface area contributed by atoms with E-state index in [2.05, 4.69) is 34.6 Å². The average molecular weight is 863 g/mol. The lowest BCUT2D eigenvalue weighted by Gasteiger charge is -2.18. The van der Waals surface area contributed by atoms with E-state index in [-0.39, 0.29) is 31.1 Å². The van der Waals surface area contributed by atoms with E-state index in [9.17, 15) is 14.4 Å². The monoisotopic (exact) mass is 863 g/mol. The van der Waals surface area contributed by atoms with Gasteiger partial charge in [0.15, 0.2) is 6.10 Å². The van der Waals surface area contributed by atoms with Crippen molar-refractivity contribution in [2.75, 3.05) is 13.2 Å². The normalized spacial score (nSPS) is 12.5. The van der Waals surface area contributed by atoms with Gasteiger partial charge in [-0.25, -0.2) is 0 Å². The van der Waals surface area contributed by atoms with Gasteiger partial charge >= 0.3 is 17.9 Å². The van der Waals surface area contributed by atoms with Crippen LogP contribution < -0.4 is 0 Å². The molecule has 61 heavy (non-hydrogen) atoms. The van der Waals surface area contributed by atoms with Crippen LogP contribution in [0.15, 0.2) is 0 Å². The molecule has 0 aliphatic carbocycles. The lowest BCUT2D eigenvalue weighted by Crippen LogP contribution is -2.30. The molecule has 1 unspecified atom stereocenters. The van der Waals surface area contributed by atoms with Crippen molar-refractivity contribution in [2.45, 2.75) is 310 Å². The van der Waals surface area contributed by atoms with Crippen molar-refractivity contribution in [2.24, 2.45) is 11.8 Å². The zero-order valence-corrected chi connectivity index (χ0v) is 41.8. The summed E-state index contributed by atoms with van der Waals surface area (Å²) in [5.41, 5.74) is 0. The minimum absolute atomic E-state index is 0.0632. The summed E-state index contributed by atoms with van der Waals surface area (Å²) in [7, 11) is 0. The van der Waals surface area contributed by atoms with Crippen LogP contribution >= 0.6 is 0 Å². The molecule has 0 amide bonds. The molecule has 0 aromatic heterocycles. The SMILES string of the molecule is CCCCCCCCCCCCCCCC(=O)O[C@H](COC(=O)CCCCCCCCCCCCCCCC(C)C)COC(=O)CCCCCCCCCCCCC(C)CC. The molecule has 0 rings (SSSR count). The highest BCUT2D eigenvalue weighted by molar-refractivity contribution is 5.71. The maximum absolute atomic E-state index is 12.8. The van der Waals surface area contributed by atoms with Gasteiger partial charge in [-0.3, -0.25) is 14.4 Å². The summed E-state index contributed by atoms with van der Waals surface area (Å²) >= 11 is 0. The Morgan fingerprint density at radius 2 is 0.623 bits per heavy atom. The van der Waals surface area contributed by atoms with E-state index >= 15 is 0 Å². The lowest BCUT2D eigenvalue weighted by atomic mass is 9.99. The predicted molar refractivity (Wildman–Crippen MR) is 261 cm³/mol. The Bertz CT molecular complexity index is 933. The largest absolute Gasteiger partial charge is 0.462 e. The number of carbonyl (C=O) groups is 3. The van der Waals surface area contributed by atoms with Crippen molar-refractivity contribution in [1.82, 2.24) is 0 Å². The quantitative estimate of drug-likeness (QED) is 0.0344. The fraction of sp³-hybridized carbons (Fsp3) is 0.945. The summed E-state index contributed by atoms with van der Waals surface area (Å²) in [5.74, 6) is 0.866. The first-order valence-electron chi connectivity index (χ1n) is 27.3. The Morgan fingerprint density at radius 1 is 0.344 bits per heavy atom. The van der Waals surface area contributed by atoms with Gasteiger partial charge in [-0.2, -0.15) is 0 Å². The number of esters is 3. The number of hydrogen-bond donors (Lipinski definition) is 0. The van der Waals surface area contributed by atoms with Gasteiger partial charge in [0.2, 0.25) is 0 Å². The van der Waals surface area contributed by atoms with Gasteiger partial charge in [0.1, 0.15) is 13.2 Å². The smallest absolute Gasteiger partial charge is 0.306 e. The van der Waals surface area contributed by atoms with Crippen molar-refractivity contribution in [3.63, 3.8) is 0 Å². The second-order valence-electron chi connectivity index (χ2n) is 19.6. The third-order valence-electron chi connectivity index (χ3n) is 12.8. The number of hydrogen-bond acceptors (Lipinski definition) is 6. The van der Waals surface area contributed by atoms with E-state index in [1.807, 2.05) is 0 Å². The molecule has 0 spiro atoms.